The van der Waals surface area contributed by atoms with Crippen LogP contribution < -0.4 is 10.2 Å². The second-order valence-electron chi connectivity index (χ2n) is 6.93. The van der Waals surface area contributed by atoms with Crippen molar-refractivity contribution in [2.45, 2.75) is 25.3 Å². The van der Waals surface area contributed by atoms with Gasteiger partial charge in [0.1, 0.15) is 0 Å². The summed E-state index contributed by atoms with van der Waals surface area (Å²) in [6, 6.07) is 10.7. The Kier molecular flexibility index (Phi) is 13.1. The van der Waals surface area contributed by atoms with Gasteiger partial charge in [-0.15, -0.1) is 37.2 Å². The van der Waals surface area contributed by atoms with Crippen molar-refractivity contribution in [3.63, 3.8) is 0 Å². The monoisotopic (exact) mass is 438 g/mol. The van der Waals surface area contributed by atoms with E-state index in [1.807, 2.05) is 11.9 Å². The molecule has 0 unspecified atom stereocenters. The zero-order chi connectivity index (χ0) is 16.8. The van der Waals surface area contributed by atoms with Crippen molar-refractivity contribution in [2.24, 2.45) is 0 Å². The number of rotatable bonds is 5. The molecule has 2 aliphatic rings. The highest BCUT2D eigenvalue weighted by atomic mass is 35.5. The van der Waals surface area contributed by atoms with Gasteiger partial charge in [-0.1, -0.05) is 24.6 Å². The Morgan fingerprint density at radius 1 is 1.07 bits per heavy atom. The Morgan fingerprint density at radius 3 is 2.33 bits per heavy atom. The van der Waals surface area contributed by atoms with Crippen molar-refractivity contribution >= 4 is 48.8 Å². The Balaban J connectivity index is 0.00000225. The molecule has 5 nitrogen and oxygen atoms in total. The van der Waals surface area contributed by atoms with E-state index in [9.17, 15) is 4.79 Å². The third-order valence-corrected chi connectivity index (χ3v) is 5.23. The Labute approximate surface area is 182 Å². The van der Waals surface area contributed by atoms with Gasteiger partial charge in [-0.05, 0) is 31.5 Å². The second-order valence-corrected chi connectivity index (χ2v) is 6.93. The number of halogens is 3. The summed E-state index contributed by atoms with van der Waals surface area (Å²) >= 11 is 0. The number of hydrogen-bond acceptors (Lipinski definition) is 4. The van der Waals surface area contributed by atoms with Gasteiger partial charge in [-0.2, -0.15) is 0 Å². The number of anilines is 1. The summed E-state index contributed by atoms with van der Waals surface area (Å²) in [5, 5.41) is 3.35. The van der Waals surface area contributed by atoms with E-state index in [0.717, 1.165) is 52.2 Å². The minimum absolute atomic E-state index is 0. The number of likely N-dealkylation sites (N-methyl/N-ethyl adjacent to an activating group) is 1. The van der Waals surface area contributed by atoms with Crippen LogP contribution in [0.2, 0.25) is 0 Å². The first-order chi connectivity index (χ1) is 11.7. The molecule has 1 aromatic rings. The van der Waals surface area contributed by atoms with E-state index in [1.165, 1.54) is 18.5 Å². The van der Waals surface area contributed by atoms with E-state index in [0.29, 0.717) is 0 Å². The van der Waals surface area contributed by atoms with E-state index in [4.69, 9.17) is 0 Å². The predicted molar refractivity (Wildman–Crippen MR) is 120 cm³/mol. The van der Waals surface area contributed by atoms with Crippen LogP contribution in [0.5, 0.6) is 0 Å². The van der Waals surface area contributed by atoms with E-state index in [-0.39, 0.29) is 49.2 Å². The average molecular weight is 440 g/mol. The normalized spacial score (nSPS) is 19.9. The van der Waals surface area contributed by atoms with Gasteiger partial charge in [0.05, 0.1) is 6.04 Å². The number of amides is 1. The van der Waals surface area contributed by atoms with Crippen LogP contribution in [0.25, 0.3) is 0 Å². The lowest BCUT2D eigenvalue weighted by Gasteiger charge is -2.37. The van der Waals surface area contributed by atoms with Gasteiger partial charge in [-0.3, -0.25) is 9.69 Å². The summed E-state index contributed by atoms with van der Waals surface area (Å²) in [5.41, 5.74) is 1.31. The Hall–Kier alpha value is -0.720. The molecule has 2 heterocycles. The maximum atomic E-state index is 12.4. The summed E-state index contributed by atoms with van der Waals surface area (Å²) in [6.07, 6.45) is 3.34. The van der Waals surface area contributed by atoms with Crippen LogP contribution in [-0.4, -0.2) is 74.6 Å². The minimum Gasteiger partial charge on any atom is -0.369 e. The summed E-state index contributed by atoms with van der Waals surface area (Å²) in [6.45, 7) is 7.03. The number of para-hydroxylation sites is 1. The lowest BCUT2D eigenvalue weighted by atomic mass is 10.0. The number of nitrogens with zero attached hydrogens (tertiary/aromatic N) is 3. The van der Waals surface area contributed by atoms with Crippen molar-refractivity contribution in [1.29, 1.82) is 0 Å². The summed E-state index contributed by atoms with van der Waals surface area (Å²) < 4.78 is 0. The van der Waals surface area contributed by atoms with E-state index >= 15 is 0 Å². The third-order valence-electron chi connectivity index (χ3n) is 5.23. The number of nitrogens with one attached hydrogen (secondary N) is 1. The number of carbonyl (C=O) groups is 1. The number of hydrogen-bond donors (Lipinski definition) is 1. The van der Waals surface area contributed by atoms with Crippen LogP contribution in [0.15, 0.2) is 30.3 Å². The maximum absolute atomic E-state index is 12.4. The molecule has 1 atom stereocenters. The molecule has 2 saturated heterocycles. The average Bonchev–Trinajstić information content (AvgIpc) is 2.67. The van der Waals surface area contributed by atoms with Crippen molar-refractivity contribution in [2.75, 3.05) is 57.8 Å². The first kappa shape index (κ1) is 26.3. The summed E-state index contributed by atoms with van der Waals surface area (Å²) in [7, 11) is 1.94. The molecule has 0 saturated carbocycles. The fourth-order valence-corrected chi connectivity index (χ4v) is 3.60. The fourth-order valence-electron chi connectivity index (χ4n) is 3.60. The molecule has 156 valence electrons. The molecule has 3 rings (SSSR count). The van der Waals surface area contributed by atoms with Crippen molar-refractivity contribution in [3.05, 3.63) is 30.3 Å². The van der Waals surface area contributed by atoms with Gasteiger partial charge in [-0.25, -0.2) is 0 Å². The van der Waals surface area contributed by atoms with Gasteiger partial charge < -0.3 is 15.1 Å². The summed E-state index contributed by atoms with van der Waals surface area (Å²) in [5.74, 6) is 0.262. The molecule has 0 aliphatic carbocycles. The molecule has 2 fully saturated rings. The first-order valence-electron chi connectivity index (χ1n) is 9.25. The molecule has 0 radical (unpaired) electrons. The molecule has 1 amide bonds. The molecule has 1 N–H and O–H groups in total. The molecule has 2 aliphatic heterocycles. The number of piperidine rings is 1. The zero-order valence-corrected chi connectivity index (χ0v) is 18.5. The molecule has 1 aromatic carbocycles. The van der Waals surface area contributed by atoms with Gasteiger partial charge in [0.25, 0.3) is 0 Å². The van der Waals surface area contributed by atoms with Crippen LogP contribution >= 0.6 is 37.2 Å². The van der Waals surface area contributed by atoms with E-state index in [1.54, 1.807) is 0 Å². The molecule has 0 spiro atoms. The van der Waals surface area contributed by atoms with Crippen LogP contribution in [0.4, 0.5) is 5.69 Å². The smallest absolute Gasteiger partial charge is 0.239 e. The van der Waals surface area contributed by atoms with Gasteiger partial charge in [0.2, 0.25) is 5.91 Å². The van der Waals surface area contributed by atoms with Crippen molar-refractivity contribution in [1.82, 2.24) is 15.1 Å². The SMILES string of the molecule is CN(CCN1CCN(c2ccccc2)CC1)C(=O)[C@H]1CCCCN1.Cl.Cl.Cl. The van der Waals surface area contributed by atoms with Crippen LogP contribution in [0.1, 0.15) is 19.3 Å². The molecule has 0 bridgehead atoms. The van der Waals surface area contributed by atoms with Gasteiger partial charge in [0.15, 0.2) is 0 Å². The highest BCUT2D eigenvalue weighted by Crippen LogP contribution is 2.15. The predicted octanol–water partition coefficient (Wildman–Crippen LogP) is 2.67. The van der Waals surface area contributed by atoms with Crippen LogP contribution in [0, 0.1) is 0 Å². The lowest BCUT2D eigenvalue weighted by molar-refractivity contribution is -0.132. The number of piperazine rings is 1. The molecule has 27 heavy (non-hydrogen) atoms. The third kappa shape index (κ3) is 7.66. The number of benzene rings is 1. The molecular formula is C19H33Cl3N4O. The lowest BCUT2D eigenvalue weighted by Crippen LogP contribution is -2.51. The standard InChI is InChI=1S/C19H30N4O.3ClH/c1-21(19(24)18-9-5-6-10-20-18)11-12-22-13-15-23(16-14-22)17-7-3-2-4-8-17;;;/h2-4,7-8,18,20H,5-6,9-16H2,1H3;3*1H/t18-;;;/m1.../s1. The number of carbonyl (C=O) groups excluding carboxylic acids is 1. The van der Waals surface area contributed by atoms with Gasteiger partial charge in [0, 0.05) is 52.0 Å². The summed E-state index contributed by atoms with van der Waals surface area (Å²) in [4.78, 5) is 19.3. The quantitative estimate of drug-likeness (QED) is 0.765. The Morgan fingerprint density at radius 2 is 1.74 bits per heavy atom. The van der Waals surface area contributed by atoms with E-state index < -0.39 is 0 Å². The molecule has 8 heteroatoms. The van der Waals surface area contributed by atoms with Crippen molar-refractivity contribution < 1.29 is 4.79 Å². The topological polar surface area (TPSA) is 38.8 Å². The highest BCUT2D eigenvalue weighted by molar-refractivity contribution is 5.86. The van der Waals surface area contributed by atoms with Crippen LogP contribution in [-0.2, 0) is 4.79 Å². The second kappa shape index (κ2) is 13.5. The largest absolute Gasteiger partial charge is 0.369 e. The van der Waals surface area contributed by atoms with E-state index in [2.05, 4.69) is 45.4 Å². The maximum Gasteiger partial charge on any atom is 0.239 e. The highest BCUT2D eigenvalue weighted by Gasteiger charge is 2.24. The molecule has 0 aromatic heterocycles. The Bertz CT molecular complexity index is 521. The minimum atomic E-state index is 0. The fraction of sp³-hybridized carbons (Fsp3) is 0.632. The van der Waals surface area contributed by atoms with Crippen molar-refractivity contribution in [3.8, 4) is 0 Å². The van der Waals surface area contributed by atoms with Crippen LogP contribution in [0.3, 0.4) is 0 Å². The zero-order valence-electron chi connectivity index (χ0n) is 16.0. The molecular weight excluding hydrogens is 407 g/mol. The van der Waals surface area contributed by atoms with Gasteiger partial charge >= 0.3 is 0 Å². The first-order valence-corrected chi connectivity index (χ1v) is 9.25.